The van der Waals surface area contributed by atoms with Gasteiger partial charge < -0.3 is 10.2 Å². The Labute approximate surface area is 128 Å². The molecule has 0 aliphatic rings. The van der Waals surface area contributed by atoms with Crippen LogP contribution in [-0.4, -0.2) is 18.0 Å². The van der Waals surface area contributed by atoms with Crippen LogP contribution in [0.5, 0.6) is 0 Å². The Kier molecular flexibility index (Phi) is 4.81. The summed E-state index contributed by atoms with van der Waals surface area (Å²) in [5.41, 5.74) is 2.02. The normalized spacial score (nSPS) is 10.3. The topological polar surface area (TPSA) is 32.3 Å². The predicted molar refractivity (Wildman–Crippen MR) is 83.1 cm³/mol. The van der Waals surface area contributed by atoms with Gasteiger partial charge in [0.2, 0.25) is 0 Å². The number of carbonyl (C=O) groups excluding carboxylic acids is 1. The number of urea groups is 1. The summed E-state index contributed by atoms with van der Waals surface area (Å²) in [5.74, 6) is -0.324. The molecule has 0 saturated heterocycles. The van der Waals surface area contributed by atoms with Gasteiger partial charge in [-0.05, 0) is 30.7 Å². The third-order valence-electron chi connectivity index (χ3n) is 3.14. The van der Waals surface area contributed by atoms with E-state index >= 15 is 0 Å². The zero-order chi connectivity index (χ0) is 15.4. The van der Waals surface area contributed by atoms with Crippen LogP contribution in [0.15, 0.2) is 42.5 Å². The fraction of sp³-hybridized carbons (Fsp3) is 0.188. The van der Waals surface area contributed by atoms with Crippen molar-refractivity contribution in [3.05, 3.63) is 64.4 Å². The minimum absolute atomic E-state index is 0.193. The molecule has 110 valence electrons. The van der Waals surface area contributed by atoms with Gasteiger partial charge in [-0.25, -0.2) is 9.18 Å². The molecule has 5 heteroatoms. The Bertz CT molecular complexity index is 660. The lowest BCUT2D eigenvalue weighted by Crippen LogP contribution is -2.31. The first-order valence-corrected chi connectivity index (χ1v) is 6.87. The molecule has 0 bridgehead atoms. The quantitative estimate of drug-likeness (QED) is 0.892. The van der Waals surface area contributed by atoms with E-state index in [0.29, 0.717) is 16.3 Å². The number of nitrogens with zero attached hydrogens (tertiary/aromatic N) is 1. The van der Waals surface area contributed by atoms with E-state index in [2.05, 4.69) is 5.32 Å². The second-order valence-electron chi connectivity index (χ2n) is 4.84. The summed E-state index contributed by atoms with van der Waals surface area (Å²) in [6.07, 6.45) is 0. The van der Waals surface area contributed by atoms with Crippen molar-refractivity contribution >= 4 is 23.3 Å². The molecule has 21 heavy (non-hydrogen) atoms. The van der Waals surface area contributed by atoms with Crippen molar-refractivity contribution in [3.63, 3.8) is 0 Å². The molecule has 0 spiro atoms. The fourth-order valence-corrected chi connectivity index (χ4v) is 2.02. The highest BCUT2D eigenvalue weighted by atomic mass is 35.5. The van der Waals surface area contributed by atoms with Crippen LogP contribution in [0.4, 0.5) is 14.9 Å². The number of halogens is 2. The molecule has 0 aliphatic carbocycles. The van der Waals surface area contributed by atoms with E-state index in [1.807, 2.05) is 13.0 Å². The van der Waals surface area contributed by atoms with Crippen molar-refractivity contribution in [2.45, 2.75) is 13.5 Å². The van der Waals surface area contributed by atoms with Gasteiger partial charge in [0.15, 0.2) is 0 Å². The van der Waals surface area contributed by atoms with Crippen LogP contribution in [0.25, 0.3) is 0 Å². The van der Waals surface area contributed by atoms with Gasteiger partial charge in [0.25, 0.3) is 0 Å². The van der Waals surface area contributed by atoms with Crippen LogP contribution in [0, 0.1) is 12.7 Å². The number of aryl methyl sites for hydroxylation is 1. The fourth-order valence-electron chi connectivity index (χ4n) is 1.84. The van der Waals surface area contributed by atoms with E-state index in [1.54, 1.807) is 37.4 Å². The molecular formula is C16H16ClFN2O. The summed E-state index contributed by atoms with van der Waals surface area (Å²) in [6.45, 7) is 2.08. The molecule has 2 aromatic carbocycles. The van der Waals surface area contributed by atoms with Gasteiger partial charge in [-0.2, -0.15) is 0 Å². The maximum atomic E-state index is 13.6. The van der Waals surface area contributed by atoms with E-state index in [0.717, 1.165) is 5.56 Å². The van der Waals surface area contributed by atoms with Crippen LogP contribution in [0.1, 0.15) is 11.1 Å². The zero-order valence-corrected chi connectivity index (χ0v) is 12.6. The number of carbonyl (C=O) groups is 1. The van der Waals surface area contributed by atoms with Gasteiger partial charge in [-0.1, -0.05) is 35.9 Å². The number of nitrogens with one attached hydrogen (secondary N) is 1. The van der Waals surface area contributed by atoms with E-state index in [9.17, 15) is 9.18 Å². The molecule has 2 aromatic rings. The highest BCUT2D eigenvalue weighted by Crippen LogP contribution is 2.20. The van der Waals surface area contributed by atoms with Crippen molar-refractivity contribution in [2.75, 3.05) is 12.4 Å². The summed E-state index contributed by atoms with van der Waals surface area (Å²) in [5, 5.41) is 3.32. The number of benzene rings is 2. The lowest BCUT2D eigenvalue weighted by atomic mass is 10.2. The first-order chi connectivity index (χ1) is 9.97. The summed E-state index contributed by atoms with van der Waals surface area (Å²) in [7, 11) is 1.61. The Hall–Kier alpha value is -2.07. The molecule has 0 atom stereocenters. The Morgan fingerprint density at radius 2 is 2.00 bits per heavy atom. The summed E-state index contributed by atoms with van der Waals surface area (Å²) in [6, 6.07) is 11.4. The molecule has 1 N–H and O–H groups in total. The first kappa shape index (κ1) is 15.3. The van der Waals surface area contributed by atoms with Gasteiger partial charge in [0, 0.05) is 29.9 Å². The smallest absolute Gasteiger partial charge is 0.321 e. The molecule has 0 aliphatic heterocycles. The maximum Gasteiger partial charge on any atom is 0.321 e. The van der Waals surface area contributed by atoms with Crippen LogP contribution in [-0.2, 0) is 6.54 Å². The third-order valence-corrected chi connectivity index (χ3v) is 3.54. The highest BCUT2D eigenvalue weighted by Gasteiger charge is 2.12. The van der Waals surface area contributed by atoms with Crippen molar-refractivity contribution in [2.24, 2.45) is 0 Å². The standard InChI is InChI=1S/C16H16ClFN2O/c1-11-7-8-13(9-14(11)17)19-16(21)20(2)10-12-5-3-4-6-15(12)18/h3-9H,10H2,1-2H3,(H,19,21). The van der Waals surface area contributed by atoms with Crippen molar-refractivity contribution < 1.29 is 9.18 Å². The SMILES string of the molecule is Cc1ccc(NC(=O)N(C)Cc2ccccc2F)cc1Cl. The van der Waals surface area contributed by atoms with Gasteiger partial charge in [0.05, 0.1) is 0 Å². The molecule has 3 nitrogen and oxygen atoms in total. The average molecular weight is 307 g/mol. The predicted octanol–water partition coefficient (Wildman–Crippen LogP) is 4.45. The first-order valence-electron chi connectivity index (χ1n) is 6.49. The highest BCUT2D eigenvalue weighted by molar-refractivity contribution is 6.31. The number of hydrogen-bond donors (Lipinski definition) is 1. The zero-order valence-electron chi connectivity index (χ0n) is 11.9. The van der Waals surface area contributed by atoms with Gasteiger partial charge in [0.1, 0.15) is 5.82 Å². The molecule has 0 unspecified atom stereocenters. The van der Waals surface area contributed by atoms with Crippen LogP contribution >= 0.6 is 11.6 Å². The lowest BCUT2D eigenvalue weighted by Gasteiger charge is -2.18. The Morgan fingerprint density at radius 1 is 1.29 bits per heavy atom. The summed E-state index contributed by atoms with van der Waals surface area (Å²) in [4.78, 5) is 13.5. The minimum Gasteiger partial charge on any atom is -0.323 e. The largest absolute Gasteiger partial charge is 0.323 e. The molecule has 2 rings (SSSR count). The van der Waals surface area contributed by atoms with Gasteiger partial charge >= 0.3 is 6.03 Å². The summed E-state index contributed by atoms with van der Waals surface area (Å²) >= 11 is 6.01. The van der Waals surface area contributed by atoms with Crippen LogP contribution < -0.4 is 5.32 Å². The van der Waals surface area contributed by atoms with Gasteiger partial charge in [-0.3, -0.25) is 0 Å². The van der Waals surface area contributed by atoms with Crippen LogP contribution in [0.3, 0.4) is 0 Å². The molecule has 0 saturated carbocycles. The molecule has 0 heterocycles. The van der Waals surface area contributed by atoms with Crippen molar-refractivity contribution in [1.29, 1.82) is 0 Å². The molecule has 2 amide bonds. The van der Waals surface area contributed by atoms with E-state index in [1.165, 1.54) is 11.0 Å². The molecule has 0 radical (unpaired) electrons. The molecular weight excluding hydrogens is 291 g/mol. The molecule has 0 aromatic heterocycles. The Balaban J connectivity index is 2.02. The number of amides is 2. The third kappa shape index (κ3) is 3.95. The van der Waals surface area contributed by atoms with Crippen molar-refractivity contribution in [3.8, 4) is 0 Å². The number of rotatable bonds is 3. The number of hydrogen-bond acceptors (Lipinski definition) is 1. The maximum absolute atomic E-state index is 13.6. The monoisotopic (exact) mass is 306 g/mol. The number of anilines is 1. The van der Waals surface area contributed by atoms with E-state index in [4.69, 9.17) is 11.6 Å². The average Bonchev–Trinajstić information content (AvgIpc) is 2.45. The van der Waals surface area contributed by atoms with E-state index < -0.39 is 0 Å². The molecule has 0 fully saturated rings. The second kappa shape index (κ2) is 6.59. The van der Waals surface area contributed by atoms with Crippen molar-refractivity contribution in [1.82, 2.24) is 4.90 Å². The Morgan fingerprint density at radius 3 is 2.67 bits per heavy atom. The lowest BCUT2D eigenvalue weighted by molar-refractivity contribution is 0.220. The summed E-state index contributed by atoms with van der Waals surface area (Å²) < 4.78 is 13.6. The van der Waals surface area contributed by atoms with E-state index in [-0.39, 0.29) is 18.4 Å². The van der Waals surface area contributed by atoms with Crippen LogP contribution in [0.2, 0.25) is 5.02 Å². The minimum atomic E-state index is -0.324. The van der Waals surface area contributed by atoms with Gasteiger partial charge in [-0.15, -0.1) is 0 Å². The second-order valence-corrected chi connectivity index (χ2v) is 5.25.